The zero-order valence-electron chi connectivity index (χ0n) is 12.8. The minimum atomic E-state index is 0.632. The highest BCUT2D eigenvalue weighted by Gasteiger charge is 2.13. The first kappa shape index (κ1) is 15.2. The van der Waals surface area contributed by atoms with E-state index < -0.39 is 0 Å². The van der Waals surface area contributed by atoms with E-state index in [1.165, 1.54) is 0 Å². The first-order valence-electron chi connectivity index (χ1n) is 7.42. The monoisotopic (exact) mass is 283 g/mol. The van der Waals surface area contributed by atoms with Crippen LogP contribution in [0.25, 0.3) is 5.69 Å². The molecule has 0 unspecified atom stereocenters. The molecule has 1 aromatic heterocycles. The third-order valence-corrected chi connectivity index (χ3v) is 3.34. The van der Waals surface area contributed by atoms with Gasteiger partial charge in [-0.2, -0.15) is 10.4 Å². The molecule has 0 aliphatic heterocycles. The van der Waals surface area contributed by atoms with Crippen molar-refractivity contribution in [2.24, 2.45) is 0 Å². The lowest BCUT2D eigenvalue weighted by Gasteiger charge is -2.09. The van der Waals surface area contributed by atoms with Crippen LogP contribution < -0.4 is 5.32 Å². The number of nitrogens with zero attached hydrogens (tertiary/aromatic N) is 4. The Balaban J connectivity index is 2.44. The van der Waals surface area contributed by atoms with Gasteiger partial charge in [0.2, 0.25) is 0 Å². The lowest BCUT2D eigenvalue weighted by atomic mass is 10.1. The van der Waals surface area contributed by atoms with Crippen molar-refractivity contribution in [3.63, 3.8) is 0 Å². The number of aromatic nitrogens is 3. The molecule has 2 rings (SSSR count). The minimum absolute atomic E-state index is 0.632. The fourth-order valence-corrected chi connectivity index (χ4v) is 2.20. The molecule has 0 aliphatic carbocycles. The van der Waals surface area contributed by atoms with E-state index in [1.807, 2.05) is 32.0 Å². The Kier molecular flexibility index (Phi) is 5.07. The van der Waals surface area contributed by atoms with E-state index in [9.17, 15) is 5.26 Å². The number of benzene rings is 1. The number of rotatable bonds is 6. The molecule has 0 atom stereocenters. The summed E-state index contributed by atoms with van der Waals surface area (Å²) in [6.07, 6.45) is 1.58. The molecule has 5 nitrogen and oxygen atoms in total. The maximum absolute atomic E-state index is 9.43. The summed E-state index contributed by atoms with van der Waals surface area (Å²) in [5.74, 6) is 1.70. The van der Waals surface area contributed by atoms with Crippen molar-refractivity contribution in [2.45, 2.75) is 40.2 Å². The molecule has 0 amide bonds. The Morgan fingerprint density at radius 2 is 2.05 bits per heavy atom. The van der Waals surface area contributed by atoms with Gasteiger partial charge in [0.25, 0.3) is 0 Å². The van der Waals surface area contributed by atoms with Gasteiger partial charge in [0, 0.05) is 19.4 Å². The highest BCUT2D eigenvalue weighted by molar-refractivity contribution is 5.50. The molecule has 0 aliphatic rings. The summed E-state index contributed by atoms with van der Waals surface area (Å²) in [4.78, 5) is 4.50. The van der Waals surface area contributed by atoms with Crippen LogP contribution in [0.2, 0.25) is 0 Å². The normalized spacial score (nSPS) is 10.6. The SMILES string of the molecule is CCNCc1ccc(-n2nc(CC)nc2CC)c(C#N)c1. The molecule has 5 heteroatoms. The van der Waals surface area contributed by atoms with E-state index in [0.717, 1.165) is 48.8 Å². The maximum Gasteiger partial charge on any atom is 0.151 e. The van der Waals surface area contributed by atoms with Gasteiger partial charge >= 0.3 is 0 Å². The highest BCUT2D eigenvalue weighted by atomic mass is 15.3. The Hall–Kier alpha value is -2.19. The van der Waals surface area contributed by atoms with E-state index in [0.29, 0.717) is 5.56 Å². The van der Waals surface area contributed by atoms with Gasteiger partial charge in [-0.25, -0.2) is 9.67 Å². The summed E-state index contributed by atoms with van der Waals surface area (Å²) < 4.78 is 1.80. The van der Waals surface area contributed by atoms with Crippen LogP contribution in [0.3, 0.4) is 0 Å². The fourth-order valence-electron chi connectivity index (χ4n) is 2.20. The van der Waals surface area contributed by atoms with Crippen molar-refractivity contribution in [1.29, 1.82) is 5.26 Å². The third-order valence-electron chi connectivity index (χ3n) is 3.34. The molecule has 0 saturated carbocycles. The Morgan fingerprint density at radius 3 is 2.67 bits per heavy atom. The van der Waals surface area contributed by atoms with Crippen LogP contribution in [-0.4, -0.2) is 21.3 Å². The van der Waals surface area contributed by atoms with Crippen molar-refractivity contribution in [2.75, 3.05) is 6.54 Å². The number of aryl methyl sites for hydroxylation is 2. The molecule has 1 N–H and O–H groups in total. The summed E-state index contributed by atoms with van der Waals surface area (Å²) in [7, 11) is 0. The molecular weight excluding hydrogens is 262 g/mol. The third kappa shape index (κ3) is 3.29. The summed E-state index contributed by atoms with van der Waals surface area (Å²) >= 11 is 0. The molecule has 2 aromatic rings. The molecule has 0 fully saturated rings. The number of nitrogens with one attached hydrogen (secondary N) is 1. The molecule has 110 valence electrons. The highest BCUT2D eigenvalue weighted by Crippen LogP contribution is 2.18. The van der Waals surface area contributed by atoms with Gasteiger partial charge in [-0.1, -0.05) is 26.8 Å². The Morgan fingerprint density at radius 1 is 1.24 bits per heavy atom. The van der Waals surface area contributed by atoms with Crippen molar-refractivity contribution in [3.05, 3.63) is 41.0 Å². The first-order chi connectivity index (χ1) is 10.2. The van der Waals surface area contributed by atoms with E-state index in [4.69, 9.17) is 0 Å². The summed E-state index contributed by atoms with van der Waals surface area (Å²) in [5.41, 5.74) is 2.54. The van der Waals surface area contributed by atoms with Crippen LogP contribution in [0, 0.1) is 11.3 Å². The zero-order valence-corrected chi connectivity index (χ0v) is 12.8. The lowest BCUT2D eigenvalue weighted by Crippen LogP contribution is -2.12. The average Bonchev–Trinajstić information content (AvgIpc) is 2.95. The van der Waals surface area contributed by atoms with Crippen LogP contribution in [0.4, 0.5) is 0 Å². The average molecular weight is 283 g/mol. The van der Waals surface area contributed by atoms with Gasteiger partial charge in [-0.15, -0.1) is 0 Å². The second-order valence-electron chi connectivity index (χ2n) is 4.81. The van der Waals surface area contributed by atoms with Gasteiger partial charge in [-0.05, 0) is 24.2 Å². The standard InChI is InChI=1S/C16H21N5/c1-4-15-19-16(5-2)21(20-15)14-8-7-12(11-18-6-3)9-13(14)10-17/h7-9,18H,4-6,11H2,1-3H3. The smallest absolute Gasteiger partial charge is 0.151 e. The van der Waals surface area contributed by atoms with Crippen molar-refractivity contribution < 1.29 is 0 Å². The van der Waals surface area contributed by atoms with Gasteiger partial charge < -0.3 is 5.32 Å². The largest absolute Gasteiger partial charge is 0.313 e. The lowest BCUT2D eigenvalue weighted by molar-refractivity contribution is 0.725. The van der Waals surface area contributed by atoms with E-state index in [2.05, 4.69) is 28.4 Å². The second-order valence-corrected chi connectivity index (χ2v) is 4.81. The van der Waals surface area contributed by atoms with Crippen molar-refractivity contribution in [3.8, 4) is 11.8 Å². The fraction of sp³-hybridized carbons (Fsp3) is 0.438. The minimum Gasteiger partial charge on any atom is -0.313 e. The van der Waals surface area contributed by atoms with Gasteiger partial charge in [0.05, 0.1) is 11.3 Å². The topological polar surface area (TPSA) is 66.5 Å². The molecule has 0 spiro atoms. The van der Waals surface area contributed by atoms with Crippen LogP contribution in [-0.2, 0) is 19.4 Å². The van der Waals surface area contributed by atoms with E-state index in [-0.39, 0.29) is 0 Å². The number of hydrogen-bond donors (Lipinski definition) is 1. The van der Waals surface area contributed by atoms with Crippen molar-refractivity contribution >= 4 is 0 Å². The Labute approximate surface area is 125 Å². The Bertz CT molecular complexity index is 651. The number of nitriles is 1. The maximum atomic E-state index is 9.43. The molecular formula is C16H21N5. The van der Waals surface area contributed by atoms with Crippen LogP contribution in [0.15, 0.2) is 18.2 Å². The molecule has 1 heterocycles. The number of hydrogen-bond acceptors (Lipinski definition) is 4. The van der Waals surface area contributed by atoms with Gasteiger partial charge in [-0.3, -0.25) is 0 Å². The van der Waals surface area contributed by atoms with Crippen LogP contribution in [0.1, 0.15) is 43.5 Å². The quantitative estimate of drug-likeness (QED) is 0.884. The molecule has 21 heavy (non-hydrogen) atoms. The summed E-state index contributed by atoms with van der Waals surface area (Å²) in [6, 6.07) is 8.18. The van der Waals surface area contributed by atoms with Gasteiger partial charge in [0.15, 0.2) is 5.82 Å². The summed E-state index contributed by atoms with van der Waals surface area (Å²) in [5, 5.41) is 17.2. The predicted molar refractivity (Wildman–Crippen MR) is 82.2 cm³/mol. The molecule has 1 aromatic carbocycles. The van der Waals surface area contributed by atoms with Gasteiger partial charge in [0.1, 0.15) is 11.9 Å². The van der Waals surface area contributed by atoms with Crippen molar-refractivity contribution in [1.82, 2.24) is 20.1 Å². The van der Waals surface area contributed by atoms with E-state index >= 15 is 0 Å². The molecule has 0 radical (unpaired) electrons. The van der Waals surface area contributed by atoms with Crippen LogP contribution >= 0.6 is 0 Å². The predicted octanol–water partition coefficient (Wildman–Crippen LogP) is 2.37. The van der Waals surface area contributed by atoms with Crippen LogP contribution in [0.5, 0.6) is 0 Å². The first-order valence-corrected chi connectivity index (χ1v) is 7.42. The second kappa shape index (κ2) is 7.00. The zero-order chi connectivity index (χ0) is 15.2. The molecule has 0 bridgehead atoms. The molecule has 0 saturated heterocycles. The van der Waals surface area contributed by atoms with E-state index in [1.54, 1.807) is 4.68 Å². The summed E-state index contributed by atoms with van der Waals surface area (Å²) in [6.45, 7) is 7.82.